The molecule has 0 bridgehead atoms. The molecule has 0 saturated heterocycles. The average Bonchev–Trinajstić information content (AvgIpc) is 2.71. The van der Waals surface area contributed by atoms with Crippen LogP contribution in [-0.2, 0) is 0 Å². The maximum atomic E-state index is 8.80. The number of hydrogen-bond donors (Lipinski definition) is 0. The molecule has 0 atom stereocenters. The van der Waals surface area contributed by atoms with Crippen LogP contribution in [0.4, 0.5) is 0 Å². The molecule has 68 valence electrons. The fourth-order valence-electron chi connectivity index (χ4n) is 1.27. The van der Waals surface area contributed by atoms with Crippen LogP contribution in [0.1, 0.15) is 17.0 Å². The zero-order chi connectivity index (χ0) is 10.8. The normalized spacial score (nSPS) is 8.56. The van der Waals surface area contributed by atoms with E-state index in [0.717, 1.165) is 0 Å². The Bertz CT molecular complexity index is 614. The van der Waals surface area contributed by atoms with Crippen molar-refractivity contribution in [3.05, 3.63) is 29.1 Å². The summed E-state index contributed by atoms with van der Waals surface area (Å²) in [6.07, 6.45) is 0. The number of imidazole rings is 1. The van der Waals surface area contributed by atoms with Crippen molar-refractivity contribution in [2.24, 2.45) is 0 Å². The third kappa shape index (κ3) is 1.65. The van der Waals surface area contributed by atoms with Crippen LogP contribution in [0.2, 0.25) is 0 Å². The van der Waals surface area contributed by atoms with Gasteiger partial charge in [0.25, 0.3) is 0 Å². The van der Waals surface area contributed by atoms with Gasteiger partial charge in [0.1, 0.15) is 0 Å². The van der Waals surface area contributed by atoms with Crippen LogP contribution in [0.3, 0.4) is 0 Å². The van der Waals surface area contributed by atoms with Gasteiger partial charge in [-0.3, -0.25) is 0 Å². The Morgan fingerprint density at radius 2 is 1.62 bits per heavy atom. The van der Waals surface area contributed by atoms with Gasteiger partial charge in [-0.2, -0.15) is 15.8 Å². The number of fused-ring (bicyclic) bond motifs is 1. The van der Waals surface area contributed by atoms with Crippen LogP contribution >= 0.6 is 0 Å². The smallest absolute Gasteiger partial charge is 0.426 e. The summed E-state index contributed by atoms with van der Waals surface area (Å²) in [7, 11) is 0. The summed E-state index contributed by atoms with van der Waals surface area (Å²) in [4.78, 5) is 7.73. The molecule has 1 aromatic heterocycles. The Morgan fingerprint density at radius 1 is 1.00 bits per heavy atom. The third-order valence-corrected chi connectivity index (χ3v) is 1.93. The van der Waals surface area contributed by atoms with Crippen molar-refractivity contribution < 1.29 is 18.9 Å². The van der Waals surface area contributed by atoms with Gasteiger partial charge in [0.15, 0.2) is 0 Å². The van der Waals surface area contributed by atoms with E-state index < -0.39 is 0 Å². The van der Waals surface area contributed by atoms with Crippen molar-refractivity contribution in [2.75, 3.05) is 0 Å². The topological polar surface area (TPSA) is 98.4 Å². The first-order chi connectivity index (χ1) is 7.30. The maximum absolute atomic E-state index is 8.80. The summed E-state index contributed by atoms with van der Waals surface area (Å²) in [6, 6.07) is 8.65. The van der Waals surface area contributed by atoms with E-state index in [2.05, 4.69) is 9.97 Å². The molecule has 16 heavy (non-hydrogen) atoms. The minimum absolute atomic E-state index is 0. The summed E-state index contributed by atoms with van der Waals surface area (Å²) >= 11 is 0. The zero-order valence-corrected chi connectivity index (χ0v) is 8.39. The van der Waals surface area contributed by atoms with Gasteiger partial charge in [0.05, 0.1) is 29.3 Å². The molecule has 0 unspecified atom stereocenters. The molecule has 0 fully saturated rings. The van der Waals surface area contributed by atoms with Gasteiger partial charge in [-0.15, -0.1) is 0 Å². The summed E-state index contributed by atoms with van der Waals surface area (Å²) in [5.74, 6) is -0.0239. The quantitative estimate of drug-likeness (QED) is 0.449. The number of benzene rings is 1. The van der Waals surface area contributed by atoms with Gasteiger partial charge in [0.2, 0.25) is 0 Å². The fourth-order valence-corrected chi connectivity index (χ4v) is 1.27. The molecule has 0 amide bonds. The average molecular weight is 199 g/mol. The molecule has 0 radical (unpaired) electrons. The Morgan fingerprint density at radius 3 is 2.19 bits per heavy atom. The molecule has 0 spiro atoms. The standard InChI is InChI=1S/C10H2N5.Li/c11-3-6-1-2-7(4-12)10-9(6)14-8(5-13)15-10;/h1-2H;/q-1;+1. The van der Waals surface area contributed by atoms with E-state index in [4.69, 9.17) is 15.8 Å². The predicted octanol–water partition coefficient (Wildman–Crippen LogP) is -2.19. The molecule has 0 aliphatic rings. The zero-order valence-electron chi connectivity index (χ0n) is 8.39. The second kappa shape index (κ2) is 4.52. The summed E-state index contributed by atoms with van der Waals surface area (Å²) in [6.45, 7) is 0. The molecule has 0 aliphatic heterocycles. The summed E-state index contributed by atoms with van der Waals surface area (Å²) in [5, 5.41) is 26.2. The molecule has 1 aromatic carbocycles. The Hall–Kier alpha value is -2.24. The van der Waals surface area contributed by atoms with Gasteiger partial charge in [-0.1, -0.05) is 0 Å². The summed E-state index contributed by atoms with van der Waals surface area (Å²) in [5.41, 5.74) is 1.26. The molecule has 0 saturated carbocycles. The number of hydrogen-bond acceptors (Lipinski definition) is 4. The molecular formula is C10H2LiN5. The largest absolute Gasteiger partial charge is 1.00 e. The van der Waals surface area contributed by atoms with E-state index in [1.807, 2.05) is 12.1 Å². The minimum atomic E-state index is -0.0239. The van der Waals surface area contributed by atoms with Crippen molar-refractivity contribution in [2.45, 2.75) is 0 Å². The van der Waals surface area contributed by atoms with Crippen molar-refractivity contribution in [1.82, 2.24) is 9.97 Å². The molecule has 2 aromatic rings. The second-order valence-corrected chi connectivity index (χ2v) is 2.74. The van der Waals surface area contributed by atoms with Crippen molar-refractivity contribution in [1.29, 1.82) is 15.8 Å². The van der Waals surface area contributed by atoms with Gasteiger partial charge in [0, 0.05) is 5.82 Å². The first-order valence-corrected chi connectivity index (χ1v) is 3.98. The Labute approximate surface area is 103 Å². The molecule has 2 rings (SSSR count). The molecule has 0 aliphatic carbocycles. The van der Waals surface area contributed by atoms with E-state index in [0.29, 0.717) is 22.2 Å². The van der Waals surface area contributed by atoms with Crippen molar-refractivity contribution in [3.8, 4) is 18.2 Å². The van der Waals surface area contributed by atoms with Crippen molar-refractivity contribution >= 4 is 11.0 Å². The SMILES string of the molecule is N#Cc1nc2c(C#N)ccc(C#N)c2[n-]1.[Li+]. The van der Waals surface area contributed by atoms with E-state index in [1.165, 1.54) is 12.1 Å². The van der Waals surface area contributed by atoms with Gasteiger partial charge in [-0.05, 0) is 23.2 Å². The molecule has 5 nitrogen and oxygen atoms in total. The minimum Gasteiger partial charge on any atom is -0.426 e. The monoisotopic (exact) mass is 199 g/mol. The van der Waals surface area contributed by atoms with E-state index in [9.17, 15) is 0 Å². The van der Waals surface area contributed by atoms with Crippen LogP contribution in [0.5, 0.6) is 0 Å². The van der Waals surface area contributed by atoms with E-state index in [-0.39, 0.29) is 24.7 Å². The summed E-state index contributed by atoms with van der Waals surface area (Å²) < 4.78 is 0. The third-order valence-electron chi connectivity index (χ3n) is 1.93. The van der Waals surface area contributed by atoms with Gasteiger partial charge in [-0.25, -0.2) is 0 Å². The number of aromatic nitrogens is 2. The van der Waals surface area contributed by atoms with Crippen LogP contribution < -0.4 is 23.8 Å². The Kier molecular flexibility index (Phi) is 3.34. The first-order valence-electron chi connectivity index (χ1n) is 3.98. The van der Waals surface area contributed by atoms with E-state index >= 15 is 0 Å². The molecule has 6 heteroatoms. The van der Waals surface area contributed by atoms with Gasteiger partial charge < -0.3 is 9.97 Å². The molecular weight excluding hydrogens is 197 g/mol. The van der Waals surface area contributed by atoms with Crippen LogP contribution in [0.15, 0.2) is 12.1 Å². The fraction of sp³-hybridized carbons (Fsp3) is 0. The number of nitriles is 3. The number of rotatable bonds is 0. The van der Waals surface area contributed by atoms with Crippen LogP contribution in [-0.4, -0.2) is 4.98 Å². The second-order valence-electron chi connectivity index (χ2n) is 2.74. The first kappa shape index (κ1) is 11.8. The van der Waals surface area contributed by atoms with Gasteiger partial charge >= 0.3 is 18.9 Å². The predicted molar refractivity (Wildman–Crippen MR) is 49.2 cm³/mol. The van der Waals surface area contributed by atoms with Crippen molar-refractivity contribution in [3.63, 3.8) is 0 Å². The van der Waals surface area contributed by atoms with Crippen LogP contribution in [0, 0.1) is 34.0 Å². The Balaban J connectivity index is 0.00000128. The molecule has 0 N–H and O–H groups in total. The van der Waals surface area contributed by atoms with E-state index in [1.54, 1.807) is 6.07 Å². The van der Waals surface area contributed by atoms with Crippen LogP contribution in [0.25, 0.3) is 11.0 Å². The number of nitrogens with zero attached hydrogens (tertiary/aromatic N) is 5. The maximum Gasteiger partial charge on any atom is 1.00 e. The molecule has 1 heterocycles.